The fraction of sp³-hybridized carbons (Fsp3) is 0.167. The monoisotopic (exact) mass is 254 g/mol. The van der Waals surface area contributed by atoms with Crippen LogP contribution in [0.5, 0.6) is 0 Å². The molecule has 82 valence electrons. The molecule has 4 heteroatoms. The van der Waals surface area contributed by atoms with E-state index in [0.717, 1.165) is 21.9 Å². The third-order valence-corrected chi connectivity index (χ3v) is 3.64. The lowest BCUT2D eigenvalue weighted by molar-refractivity contribution is 0.575. The Balaban J connectivity index is 2.52. The molecule has 0 saturated carbocycles. The van der Waals surface area contributed by atoms with E-state index in [0.29, 0.717) is 21.6 Å². The molecule has 0 N–H and O–H groups in total. The van der Waals surface area contributed by atoms with Crippen LogP contribution in [0.4, 0.5) is 0 Å². The average Bonchev–Trinajstić information content (AvgIpc) is 2.67. The maximum Gasteiger partial charge on any atom is 0.136 e. The first-order valence-electron chi connectivity index (χ1n) is 4.85. The van der Waals surface area contributed by atoms with Gasteiger partial charge in [-0.2, -0.15) is 0 Å². The highest BCUT2D eigenvalue weighted by Crippen LogP contribution is 2.37. The Bertz CT molecular complexity index is 645. The van der Waals surface area contributed by atoms with E-state index in [1.165, 1.54) is 0 Å². The predicted octanol–water partition coefficient (Wildman–Crippen LogP) is 5.10. The van der Waals surface area contributed by atoms with Crippen LogP contribution < -0.4 is 0 Å². The maximum atomic E-state index is 6.12. The van der Waals surface area contributed by atoms with Gasteiger partial charge in [-0.15, -0.1) is 0 Å². The first-order valence-corrected chi connectivity index (χ1v) is 5.61. The zero-order valence-electron chi connectivity index (χ0n) is 8.73. The van der Waals surface area contributed by atoms with Gasteiger partial charge in [-0.05, 0) is 26.0 Å². The molecule has 2 nitrogen and oxygen atoms in total. The second-order valence-corrected chi connectivity index (χ2v) is 4.54. The highest BCUT2D eigenvalue weighted by molar-refractivity contribution is 6.38. The Hall–Kier alpha value is -1.12. The third kappa shape index (κ3) is 1.20. The summed E-state index contributed by atoms with van der Waals surface area (Å²) >= 11 is 12.2. The van der Waals surface area contributed by atoms with E-state index in [1.54, 1.807) is 0 Å². The molecule has 0 saturated heterocycles. The van der Waals surface area contributed by atoms with E-state index in [1.807, 2.05) is 26.0 Å². The molecule has 0 bridgehead atoms. The molecule has 0 aliphatic carbocycles. The van der Waals surface area contributed by atoms with Crippen LogP contribution in [0.3, 0.4) is 0 Å². The number of halogens is 2. The van der Waals surface area contributed by atoms with Crippen molar-refractivity contribution in [2.75, 3.05) is 0 Å². The van der Waals surface area contributed by atoms with Crippen molar-refractivity contribution in [3.8, 4) is 0 Å². The zero-order chi connectivity index (χ0) is 11.4. The zero-order valence-corrected chi connectivity index (χ0v) is 10.2. The van der Waals surface area contributed by atoms with E-state index >= 15 is 0 Å². The fourth-order valence-corrected chi connectivity index (χ4v) is 2.24. The summed E-state index contributed by atoms with van der Waals surface area (Å²) in [5.74, 6) is 1.41. The van der Waals surface area contributed by atoms with Gasteiger partial charge in [0.15, 0.2) is 0 Å². The van der Waals surface area contributed by atoms with Gasteiger partial charge >= 0.3 is 0 Å². The summed E-state index contributed by atoms with van der Waals surface area (Å²) in [5, 5.41) is 2.97. The molecular formula is C12H8Cl2O2. The number of fused-ring (bicyclic) bond motifs is 2. The smallest absolute Gasteiger partial charge is 0.136 e. The summed E-state index contributed by atoms with van der Waals surface area (Å²) in [5.41, 5.74) is 1.47. The van der Waals surface area contributed by atoms with E-state index in [4.69, 9.17) is 32.0 Å². The number of furan rings is 2. The van der Waals surface area contributed by atoms with Crippen LogP contribution in [0.25, 0.3) is 21.9 Å². The minimum atomic E-state index is 0.627. The lowest BCUT2D eigenvalue weighted by Crippen LogP contribution is -1.67. The van der Waals surface area contributed by atoms with Gasteiger partial charge in [-0.3, -0.25) is 0 Å². The van der Waals surface area contributed by atoms with Crippen molar-refractivity contribution < 1.29 is 8.83 Å². The van der Waals surface area contributed by atoms with Gasteiger partial charge < -0.3 is 8.83 Å². The Kier molecular flexibility index (Phi) is 2.00. The quantitative estimate of drug-likeness (QED) is 0.558. The SMILES string of the molecule is Cc1oc2cc3c(Cl)c(C)oc3cc2c1Cl. The van der Waals surface area contributed by atoms with E-state index < -0.39 is 0 Å². The standard InChI is InChI=1S/C12H8Cl2O2/c1-5-11(13)7-3-10-8(4-9(7)15-5)12(14)6(2)16-10/h3-4H,1-2H3. The summed E-state index contributed by atoms with van der Waals surface area (Å²) < 4.78 is 11.1. The van der Waals surface area contributed by atoms with E-state index in [9.17, 15) is 0 Å². The molecule has 0 aliphatic heterocycles. The van der Waals surface area contributed by atoms with Crippen molar-refractivity contribution in [1.82, 2.24) is 0 Å². The molecular weight excluding hydrogens is 247 g/mol. The molecule has 0 spiro atoms. The Morgan fingerprint density at radius 3 is 1.56 bits per heavy atom. The van der Waals surface area contributed by atoms with E-state index in [2.05, 4.69) is 0 Å². The summed E-state index contributed by atoms with van der Waals surface area (Å²) in [7, 11) is 0. The van der Waals surface area contributed by atoms with E-state index in [-0.39, 0.29) is 0 Å². The summed E-state index contributed by atoms with van der Waals surface area (Å²) in [6.07, 6.45) is 0. The Morgan fingerprint density at radius 1 is 0.812 bits per heavy atom. The molecule has 2 aromatic heterocycles. The minimum absolute atomic E-state index is 0.627. The average molecular weight is 255 g/mol. The molecule has 0 aliphatic rings. The number of rotatable bonds is 0. The summed E-state index contributed by atoms with van der Waals surface area (Å²) in [6.45, 7) is 3.66. The van der Waals surface area contributed by atoms with Crippen molar-refractivity contribution in [2.45, 2.75) is 13.8 Å². The lowest BCUT2D eigenvalue weighted by atomic mass is 10.2. The lowest BCUT2D eigenvalue weighted by Gasteiger charge is -1.90. The second-order valence-electron chi connectivity index (χ2n) is 3.79. The number of benzene rings is 1. The summed E-state index contributed by atoms with van der Waals surface area (Å²) in [4.78, 5) is 0. The van der Waals surface area contributed by atoms with Gasteiger partial charge in [0.1, 0.15) is 22.7 Å². The molecule has 3 rings (SSSR count). The summed E-state index contributed by atoms with van der Waals surface area (Å²) in [6, 6.07) is 3.73. The normalized spacial score (nSPS) is 11.8. The van der Waals surface area contributed by atoms with Crippen LogP contribution >= 0.6 is 23.2 Å². The first-order chi connectivity index (χ1) is 7.58. The van der Waals surface area contributed by atoms with Crippen molar-refractivity contribution >= 4 is 45.1 Å². The maximum absolute atomic E-state index is 6.12. The van der Waals surface area contributed by atoms with Crippen LogP contribution in [0.15, 0.2) is 21.0 Å². The molecule has 0 amide bonds. The van der Waals surface area contributed by atoms with Crippen LogP contribution in [0.2, 0.25) is 10.0 Å². The topological polar surface area (TPSA) is 26.3 Å². The fourth-order valence-electron chi connectivity index (χ4n) is 1.87. The Labute approximate surface area is 102 Å². The second kappa shape index (κ2) is 3.19. The van der Waals surface area contributed by atoms with Gasteiger partial charge in [-0.25, -0.2) is 0 Å². The predicted molar refractivity (Wildman–Crippen MR) is 65.5 cm³/mol. The van der Waals surface area contributed by atoms with Crippen LogP contribution in [0.1, 0.15) is 11.5 Å². The molecule has 2 heterocycles. The number of aryl methyl sites for hydroxylation is 2. The van der Waals surface area contributed by atoms with Crippen LogP contribution in [-0.4, -0.2) is 0 Å². The largest absolute Gasteiger partial charge is 0.460 e. The van der Waals surface area contributed by atoms with Crippen molar-refractivity contribution in [2.24, 2.45) is 0 Å². The number of hydrogen-bond acceptors (Lipinski definition) is 2. The number of hydrogen-bond donors (Lipinski definition) is 0. The molecule has 0 radical (unpaired) electrons. The van der Waals surface area contributed by atoms with Gasteiger partial charge in [0.25, 0.3) is 0 Å². The minimum Gasteiger partial charge on any atom is -0.460 e. The molecule has 0 fully saturated rings. The first kappa shape index (κ1) is 10.1. The highest BCUT2D eigenvalue weighted by atomic mass is 35.5. The molecule has 16 heavy (non-hydrogen) atoms. The molecule has 3 aromatic rings. The van der Waals surface area contributed by atoms with Gasteiger partial charge in [0, 0.05) is 10.8 Å². The van der Waals surface area contributed by atoms with Crippen LogP contribution in [0, 0.1) is 13.8 Å². The Morgan fingerprint density at radius 2 is 1.19 bits per heavy atom. The molecule has 1 aromatic carbocycles. The van der Waals surface area contributed by atoms with Crippen molar-refractivity contribution in [3.63, 3.8) is 0 Å². The van der Waals surface area contributed by atoms with Crippen LogP contribution in [-0.2, 0) is 0 Å². The molecule has 0 unspecified atom stereocenters. The van der Waals surface area contributed by atoms with Crippen molar-refractivity contribution in [1.29, 1.82) is 0 Å². The van der Waals surface area contributed by atoms with Gasteiger partial charge in [0.05, 0.1) is 10.0 Å². The van der Waals surface area contributed by atoms with Gasteiger partial charge in [-0.1, -0.05) is 23.2 Å². The highest BCUT2D eigenvalue weighted by Gasteiger charge is 2.14. The van der Waals surface area contributed by atoms with Crippen molar-refractivity contribution in [3.05, 3.63) is 33.7 Å². The molecule has 0 atom stereocenters. The third-order valence-electron chi connectivity index (χ3n) is 2.70. The van der Waals surface area contributed by atoms with Gasteiger partial charge in [0.2, 0.25) is 0 Å².